The van der Waals surface area contributed by atoms with Crippen LogP contribution in [0.4, 0.5) is 0 Å². The minimum Gasteiger partial charge on any atom is -0.229 e. The molecule has 1 saturated heterocycles. The van der Waals surface area contributed by atoms with Crippen molar-refractivity contribution in [2.24, 2.45) is 5.41 Å². The molecule has 1 aliphatic heterocycles. The van der Waals surface area contributed by atoms with Gasteiger partial charge < -0.3 is 0 Å². The van der Waals surface area contributed by atoms with Gasteiger partial charge in [-0.2, -0.15) is 0 Å². The van der Waals surface area contributed by atoms with Crippen molar-refractivity contribution in [2.75, 3.05) is 11.5 Å². The standard InChI is InChI=1S/C5H12.C3H6O2S/c1-5(2,3)4;4-6(5)2-1-3-6/h1-4H3;1-3H2. The monoisotopic (exact) mass is 178 g/mol. The fourth-order valence-electron chi connectivity index (χ4n) is 0.380. The lowest BCUT2D eigenvalue weighted by Crippen LogP contribution is -2.23. The zero-order valence-electron chi connectivity index (χ0n) is 7.85. The molecule has 11 heavy (non-hydrogen) atoms. The Kier molecular flexibility index (Phi) is 3.55. The van der Waals surface area contributed by atoms with Crippen molar-refractivity contribution in [3.63, 3.8) is 0 Å². The SMILES string of the molecule is CC(C)(C)C.O=S1(=O)CCC1. The van der Waals surface area contributed by atoms with Crippen molar-refractivity contribution in [3.8, 4) is 0 Å². The molecule has 2 nitrogen and oxygen atoms in total. The van der Waals surface area contributed by atoms with Crippen LogP contribution in [0, 0.1) is 5.41 Å². The van der Waals surface area contributed by atoms with Crippen molar-refractivity contribution < 1.29 is 8.42 Å². The summed E-state index contributed by atoms with van der Waals surface area (Å²) >= 11 is 0. The third kappa shape index (κ3) is 9.95. The molecule has 1 aliphatic rings. The maximum atomic E-state index is 10.1. The highest BCUT2D eigenvalue weighted by atomic mass is 32.2. The fraction of sp³-hybridized carbons (Fsp3) is 1.00. The quantitative estimate of drug-likeness (QED) is 0.567. The largest absolute Gasteiger partial charge is 0.229 e. The Morgan fingerprint density at radius 3 is 1.18 bits per heavy atom. The van der Waals surface area contributed by atoms with E-state index in [1.807, 2.05) is 0 Å². The maximum Gasteiger partial charge on any atom is 0.150 e. The molecule has 0 atom stereocenters. The van der Waals surface area contributed by atoms with Gasteiger partial charge in [0.25, 0.3) is 0 Å². The minimum absolute atomic E-state index is 0.424. The first-order valence-corrected chi connectivity index (χ1v) is 5.73. The van der Waals surface area contributed by atoms with Crippen LogP contribution in [0.1, 0.15) is 34.1 Å². The topological polar surface area (TPSA) is 34.1 Å². The maximum absolute atomic E-state index is 10.1. The Morgan fingerprint density at radius 1 is 1.00 bits per heavy atom. The van der Waals surface area contributed by atoms with Crippen LogP contribution in [0.3, 0.4) is 0 Å². The van der Waals surface area contributed by atoms with E-state index in [1.165, 1.54) is 0 Å². The van der Waals surface area contributed by atoms with Crippen molar-refractivity contribution in [1.29, 1.82) is 0 Å². The third-order valence-corrected chi connectivity index (χ3v) is 2.73. The van der Waals surface area contributed by atoms with Crippen LogP contribution in [-0.4, -0.2) is 19.9 Å². The molecular weight excluding hydrogens is 160 g/mol. The molecule has 1 heterocycles. The highest BCUT2D eigenvalue weighted by Gasteiger charge is 2.19. The van der Waals surface area contributed by atoms with Crippen molar-refractivity contribution in [2.45, 2.75) is 34.1 Å². The second-order valence-corrected chi connectivity index (χ2v) is 6.81. The minimum atomic E-state index is -2.48. The zero-order valence-corrected chi connectivity index (χ0v) is 8.66. The Bertz CT molecular complexity index is 181. The first-order chi connectivity index (χ1) is 4.71. The molecule has 0 aromatic rings. The van der Waals surface area contributed by atoms with E-state index in [9.17, 15) is 8.42 Å². The summed E-state index contributed by atoms with van der Waals surface area (Å²) in [6.45, 7) is 8.75. The van der Waals surface area contributed by atoms with Crippen molar-refractivity contribution in [1.82, 2.24) is 0 Å². The van der Waals surface area contributed by atoms with Crippen LogP contribution < -0.4 is 0 Å². The molecule has 0 radical (unpaired) electrons. The number of hydrogen-bond acceptors (Lipinski definition) is 2. The van der Waals surface area contributed by atoms with E-state index in [0.717, 1.165) is 6.42 Å². The van der Waals surface area contributed by atoms with E-state index in [-0.39, 0.29) is 0 Å². The summed E-state index contributed by atoms with van der Waals surface area (Å²) in [6, 6.07) is 0. The van der Waals surface area contributed by atoms with Gasteiger partial charge in [0.2, 0.25) is 0 Å². The molecule has 68 valence electrons. The van der Waals surface area contributed by atoms with Crippen LogP contribution in [0.2, 0.25) is 0 Å². The van der Waals surface area contributed by atoms with Crippen LogP contribution in [-0.2, 0) is 9.84 Å². The number of sulfone groups is 1. The van der Waals surface area contributed by atoms with Gasteiger partial charge >= 0.3 is 0 Å². The molecule has 0 aromatic heterocycles. The predicted octanol–water partition coefficient (Wildman–Crippen LogP) is 1.86. The van der Waals surface area contributed by atoms with Crippen LogP contribution in [0.15, 0.2) is 0 Å². The summed E-state index contributed by atoms with van der Waals surface area (Å²) in [4.78, 5) is 0. The molecule has 0 aliphatic carbocycles. The Hall–Kier alpha value is -0.0500. The second-order valence-electron chi connectivity index (χ2n) is 4.51. The smallest absolute Gasteiger partial charge is 0.150 e. The van der Waals surface area contributed by atoms with E-state index in [0.29, 0.717) is 16.9 Å². The van der Waals surface area contributed by atoms with Crippen LogP contribution >= 0.6 is 0 Å². The van der Waals surface area contributed by atoms with E-state index >= 15 is 0 Å². The van der Waals surface area contributed by atoms with E-state index < -0.39 is 9.84 Å². The third-order valence-electron chi connectivity index (χ3n) is 0.911. The molecule has 0 amide bonds. The second kappa shape index (κ2) is 3.57. The molecule has 3 heteroatoms. The average molecular weight is 178 g/mol. The van der Waals surface area contributed by atoms with Crippen molar-refractivity contribution in [3.05, 3.63) is 0 Å². The summed E-state index contributed by atoms with van der Waals surface area (Å²) in [5.41, 5.74) is 0.500. The Balaban J connectivity index is 0.000000187. The van der Waals surface area contributed by atoms with Gasteiger partial charge in [-0.15, -0.1) is 0 Å². The molecule has 0 bridgehead atoms. The molecular formula is C8H18O2S. The van der Waals surface area contributed by atoms with Gasteiger partial charge in [0, 0.05) is 0 Å². The lowest BCUT2D eigenvalue weighted by atomic mass is 10.0. The van der Waals surface area contributed by atoms with Crippen LogP contribution in [0.5, 0.6) is 0 Å². The zero-order chi connectivity index (χ0) is 9.12. The Morgan fingerprint density at radius 2 is 1.18 bits per heavy atom. The number of hydrogen-bond donors (Lipinski definition) is 0. The fourth-order valence-corrected chi connectivity index (χ4v) is 1.14. The van der Waals surface area contributed by atoms with Gasteiger partial charge in [-0.25, -0.2) is 8.42 Å². The highest BCUT2D eigenvalue weighted by molar-refractivity contribution is 7.92. The molecule has 0 saturated carbocycles. The Labute approximate surface area is 69.9 Å². The molecule has 1 fully saturated rings. The summed E-state index contributed by atoms with van der Waals surface area (Å²) in [7, 11) is -2.48. The van der Waals surface area contributed by atoms with Gasteiger partial charge in [0.1, 0.15) is 9.84 Å². The molecule has 0 N–H and O–H groups in total. The van der Waals surface area contributed by atoms with E-state index in [1.54, 1.807) is 0 Å². The average Bonchev–Trinajstić information content (AvgIpc) is 1.57. The molecule has 1 rings (SSSR count). The van der Waals surface area contributed by atoms with E-state index in [2.05, 4.69) is 27.7 Å². The lowest BCUT2D eigenvalue weighted by molar-refractivity contribution is 0.469. The normalized spacial score (nSPS) is 21.1. The van der Waals surface area contributed by atoms with Gasteiger partial charge in [-0.1, -0.05) is 27.7 Å². The summed E-state index contributed by atoms with van der Waals surface area (Å²) in [5, 5.41) is 0. The van der Waals surface area contributed by atoms with E-state index in [4.69, 9.17) is 0 Å². The first-order valence-electron chi connectivity index (χ1n) is 3.91. The summed E-state index contributed by atoms with van der Waals surface area (Å²) in [5.74, 6) is 0.847. The summed E-state index contributed by atoms with van der Waals surface area (Å²) < 4.78 is 20.2. The lowest BCUT2D eigenvalue weighted by Gasteiger charge is -2.09. The van der Waals surface area contributed by atoms with Gasteiger partial charge in [0.15, 0.2) is 0 Å². The summed E-state index contributed by atoms with van der Waals surface area (Å²) in [6.07, 6.45) is 0.877. The highest BCUT2D eigenvalue weighted by Crippen LogP contribution is 2.08. The molecule has 0 unspecified atom stereocenters. The van der Waals surface area contributed by atoms with Crippen molar-refractivity contribution >= 4 is 9.84 Å². The van der Waals surface area contributed by atoms with Gasteiger partial charge in [-0.05, 0) is 11.8 Å². The first kappa shape index (κ1) is 11.0. The predicted molar refractivity (Wildman–Crippen MR) is 48.4 cm³/mol. The van der Waals surface area contributed by atoms with Gasteiger partial charge in [-0.3, -0.25) is 0 Å². The van der Waals surface area contributed by atoms with Crippen LogP contribution in [0.25, 0.3) is 0 Å². The molecule has 0 aromatic carbocycles. The number of rotatable bonds is 0. The van der Waals surface area contributed by atoms with Gasteiger partial charge in [0.05, 0.1) is 11.5 Å². The molecule has 0 spiro atoms.